The molecule has 0 unspecified atom stereocenters. The molecule has 7 heteroatoms. The fourth-order valence-electron chi connectivity index (χ4n) is 1.69. The highest BCUT2D eigenvalue weighted by molar-refractivity contribution is 5.88. The molecule has 0 aromatic heterocycles. The molecule has 4 N–H and O–H groups in total. The molecule has 1 saturated carbocycles. The Kier molecular flexibility index (Phi) is 3.66. The molecule has 1 amide bonds. The van der Waals surface area contributed by atoms with Crippen molar-refractivity contribution < 1.29 is 9.72 Å². The lowest BCUT2D eigenvalue weighted by molar-refractivity contribution is -0.384. The fraction of sp³-hybridized carbons (Fsp3) is 0.417. The van der Waals surface area contributed by atoms with E-state index in [1.54, 1.807) is 18.2 Å². The average Bonchev–Trinajstić information content (AvgIpc) is 3.14. The lowest BCUT2D eigenvalue weighted by Crippen LogP contribution is -2.44. The van der Waals surface area contributed by atoms with Crippen LogP contribution in [0.1, 0.15) is 12.8 Å². The number of nitrogens with one attached hydrogen (secondary N) is 2. The summed E-state index contributed by atoms with van der Waals surface area (Å²) in [5.41, 5.74) is 5.50. The lowest BCUT2D eigenvalue weighted by Gasteiger charge is -2.11. The van der Waals surface area contributed by atoms with Crippen LogP contribution in [-0.2, 0) is 4.79 Å². The maximum atomic E-state index is 11.5. The number of benzene rings is 1. The molecule has 0 radical (unpaired) electrons. The van der Waals surface area contributed by atoms with Crippen molar-refractivity contribution in [2.45, 2.75) is 18.4 Å². The molecule has 0 bridgehead atoms. The summed E-state index contributed by atoms with van der Waals surface area (Å²) in [5, 5.41) is 16.4. The smallest absolute Gasteiger partial charge is 0.292 e. The molecule has 0 saturated heterocycles. The SMILES string of the molecule is NC1(C(=O)NCCNc2ccccc2[N+](=O)[O-])CC1. The van der Waals surface area contributed by atoms with Crippen molar-refractivity contribution in [2.24, 2.45) is 5.73 Å². The van der Waals surface area contributed by atoms with Gasteiger partial charge in [0.15, 0.2) is 0 Å². The Bertz CT molecular complexity index is 500. The number of carbonyl (C=O) groups excluding carboxylic acids is 1. The van der Waals surface area contributed by atoms with Gasteiger partial charge in [-0.15, -0.1) is 0 Å². The third-order valence-electron chi connectivity index (χ3n) is 3.07. The van der Waals surface area contributed by atoms with Crippen LogP contribution in [0, 0.1) is 10.1 Å². The first-order valence-corrected chi connectivity index (χ1v) is 6.07. The second-order valence-corrected chi connectivity index (χ2v) is 4.61. The topological polar surface area (TPSA) is 110 Å². The molecule has 1 aromatic rings. The van der Waals surface area contributed by atoms with E-state index in [1.165, 1.54) is 6.07 Å². The normalized spacial score (nSPS) is 15.6. The standard InChI is InChI=1S/C12H16N4O3/c13-12(5-6-12)11(17)15-8-7-14-9-3-1-2-4-10(9)16(18)19/h1-4,14H,5-8,13H2,(H,15,17). The highest BCUT2D eigenvalue weighted by Crippen LogP contribution is 2.31. The van der Waals surface area contributed by atoms with Gasteiger partial charge in [0.05, 0.1) is 10.5 Å². The molecule has 1 aliphatic carbocycles. The van der Waals surface area contributed by atoms with Crippen molar-refractivity contribution in [1.82, 2.24) is 5.32 Å². The Morgan fingerprint density at radius 3 is 2.68 bits per heavy atom. The van der Waals surface area contributed by atoms with Gasteiger partial charge < -0.3 is 16.4 Å². The van der Waals surface area contributed by atoms with Crippen LogP contribution in [0.15, 0.2) is 24.3 Å². The number of anilines is 1. The van der Waals surface area contributed by atoms with Crippen LogP contribution in [0.25, 0.3) is 0 Å². The summed E-state index contributed by atoms with van der Waals surface area (Å²) in [5.74, 6) is -0.156. The number of amides is 1. The van der Waals surface area contributed by atoms with Crippen LogP contribution in [0.4, 0.5) is 11.4 Å². The number of nitro groups is 1. The van der Waals surface area contributed by atoms with Gasteiger partial charge in [-0.05, 0) is 18.9 Å². The summed E-state index contributed by atoms with van der Waals surface area (Å²) in [7, 11) is 0. The lowest BCUT2D eigenvalue weighted by atomic mass is 10.2. The van der Waals surface area contributed by atoms with Gasteiger partial charge >= 0.3 is 0 Å². The predicted octanol–water partition coefficient (Wildman–Crippen LogP) is 0.614. The van der Waals surface area contributed by atoms with Gasteiger partial charge in [-0.1, -0.05) is 12.1 Å². The van der Waals surface area contributed by atoms with E-state index in [-0.39, 0.29) is 11.6 Å². The van der Waals surface area contributed by atoms with Gasteiger partial charge in [0.25, 0.3) is 5.69 Å². The van der Waals surface area contributed by atoms with Crippen molar-refractivity contribution >= 4 is 17.3 Å². The quantitative estimate of drug-likeness (QED) is 0.396. The van der Waals surface area contributed by atoms with Gasteiger partial charge in [-0.3, -0.25) is 14.9 Å². The van der Waals surface area contributed by atoms with E-state index in [0.717, 1.165) is 12.8 Å². The van der Waals surface area contributed by atoms with E-state index in [9.17, 15) is 14.9 Å². The van der Waals surface area contributed by atoms with Gasteiger partial charge in [-0.25, -0.2) is 0 Å². The molecular weight excluding hydrogens is 248 g/mol. The third kappa shape index (κ3) is 3.19. The van der Waals surface area contributed by atoms with E-state index in [0.29, 0.717) is 18.8 Å². The summed E-state index contributed by atoms with van der Waals surface area (Å²) < 4.78 is 0. The minimum Gasteiger partial charge on any atom is -0.378 e. The Balaban J connectivity index is 1.80. The van der Waals surface area contributed by atoms with E-state index in [4.69, 9.17) is 5.73 Å². The molecule has 0 aliphatic heterocycles. The number of nitrogens with two attached hydrogens (primary N) is 1. The number of nitrogens with zero attached hydrogens (tertiary/aromatic N) is 1. The first-order chi connectivity index (χ1) is 9.03. The molecule has 102 valence electrons. The number of hydrogen-bond donors (Lipinski definition) is 3. The number of rotatable bonds is 6. The summed E-state index contributed by atoms with van der Waals surface area (Å²) in [4.78, 5) is 21.9. The second-order valence-electron chi connectivity index (χ2n) is 4.61. The summed E-state index contributed by atoms with van der Waals surface area (Å²) >= 11 is 0. The zero-order valence-corrected chi connectivity index (χ0v) is 10.4. The third-order valence-corrected chi connectivity index (χ3v) is 3.07. The van der Waals surface area contributed by atoms with Crippen molar-refractivity contribution in [3.63, 3.8) is 0 Å². The highest BCUT2D eigenvalue weighted by Gasteiger charge is 2.45. The van der Waals surface area contributed by atoms with E-state index in [2.05, 4.69) is 10.6 Å². The van der Waals surface area contributed by atoms with Gasteiger partial charge in [-0.2, -0.15) is 0 Å². The van der Waals surface area contributed by atoms with E-state index in [1.807, 2.05) is 0 Å². The number of hydrogen-bond acceptors (Lipinski definition) is 5. The Hall–Kier alpha value is -2.15. The molecule has 0 heterocycles. The molecule has 2 rings (SSSR count). The first kappa shape index (κ1) is 13.3. The number of carbonyl (C=O) groups is 1. The number of para-hydroxylation sites is 2. The second kappa shape index (κ2) is 5.23. The van der Waals surface area contributed by atoms with Crippen LogP contribution in [-0.4, -0.2) is 29.5 Å². The summed E-state index contributed by atoms with van der Waals surface area (Å²) in [6.07, 6.45) is 1.44. The fourth-order valence-corrected chi connectivity index (χ4v) is 1.69. The maximum Gasteiger partial charge on any atom is 0.292 e. The average molecular weight is 264 g/mol. The van der Waals surface area contributed by atoms with Gasteiger partial charge in [0, 0.05) is 19.2 Å². The molecule has 1 fully saturated rings. The molecule has 0 atom stereocenters. The van der Waals surface area contributed by atoms with Crippen LogP contribution in [0.5, 0.6) is 0 Å². The monoisotopic (exact) mass is 264 g/mol. The Morgan fingerprint density at radius 2 is 2.05 bits per heavy atom. The molecular formula is C12H16N4O3. The minimum atomic E-state index is -0.682. The predicted molar refractivity (Wildman–Crippen MR) is 70.7 cm³/mol. The Labute approximate surface area is 110 Å². The van der Waals surface area contributed by atoms with Crippen molar-refractivity contribution in [1.29, 1.82) is 0 Å². The van der Waals surface area contributed by atoms with E-state index < -0.39 is 10.5 Å². The zero-order valence-electron chi connectivity index (χ0n) is 10.4. The van der Waals surface area contributed by atoms with Gasteiger partial charge in [0.1, 0.15) is 5.69 Å². The van der Waals surface area contributed by atoms with E-state index >= 15 is 0 Å². The molecule has 1 aliphatic rings. The summed E-state index contributed by atoms with van der Waals surface area (Å²) in [6.45, 7) is 0.788. The van der Waals surface area contributed by atoms with Crippen LogP contribution < -0.4 is 16.4 Å². The van der Waals surface area contributed by atoms with Crippen molar-refractivity contribution in [3.8, 4) is 0 Å². The minimum absolute atomic E-state index is 0.0197. The van der Waals surface area contributed by atoms with Crippen molar-refractivity contribution in [3.05, 3.63) is 34.4 Å². The highest BCUT2D eigenvalue weighted by atomic mass is 16.6. The molecule has 19 heavy (non-hydrogen) atoms. The van der Waals surface area contributed by atoms with Crippen LogP contribution >= 0.6 is 0 Å². The first-order valence-electron chi connectivity index (χ1n) is 6.07. The maximum absolute atomic E-state index is 11.5. The zero-order chi connectivity index (χ0) is 13.9. The van der Waals surface area contributed by atoms with Crippen LogP contribution in [0.3, 0.4) is 0 Å². The summed E-state index contributed by atoms with van der Waals surface area (Å²) in [6, 6.07) is 6.38. The Morgan fingerprint density at radius 1 is 1.37 bits per heavy atom. The van der Waals surface area contributed by atoms with Crippen LogP contribution in [0.2, 0.25) is 0 Å². The molecule has 1 aromatic carbocycles. The molecule has 7 nitrogen and oxygen atoms in total. The van der Waals surface area contributed by atoms with Crippen molar-refractivity contribution in [2.75, 3.05) is 18.4 Å². The largest absolute Gasteiger partial charge is 0.378 e. The van der Waals surface area contributed by atoms with Gasteiger partial charge in [0.2, 0.25) is 5.91 Å². The number of nitro benzene ring substituents is 1. The molecule has 0 spiro atoms.